The molecule has 32 heavy (non-hydrogen) atoms. The minimum Gasteiger partial charge on any atom is -0.501 e. The Morgan fingerprint density at radius 2 is 2.00 bits per heavy atom. The molecule has 172 valence electrons. The van der Waals surface area contributed by atoms with E-state index in [1.807, 2.05) is 44.2 Å². The molecule has 5 rings (SSSR count). The van der Waals surface area contributed by atoms with E-state index in [-0.39, 0.29) is 0 Å². The Morgan fingerprint density at radius 3 is 2.78 bits per heavy atom. The molecule has 1 saturated heterocycles. The molecule has 0 amide bonds. The second-order valence-corrected chi connectivity index (χ2v) is 8.10. The summed E-state index contributed by atoms with van der Waals surface area (Å²) in [6, 6.07) is 0.536. The van der Waals surface area contributed by atoms with E-state index in [0.29, 0.717) is 19.1 Å². The zero-order valence-corrected chi connectivity index (χ0v) is 19.8. The molecule has 3 atom stereocenters. The number of carbonyl (C=O) groups excluding carboxylic acids is 1. The Labute approximate surface area is 191 Å². The molecule has 1 N–H and O–H groups in total. The Morgan fingerprint density at radius 1 is 1.16 bits per heavy atom. The first-order valence-electron chi connectivity index (χ1n) is 11.7. The van der Waals surface area contributed by atoms with Gasteiger partial charge in [-0.2, -0.15) is 0 Å². The molecule has 0 radical (unpaired) electrons. The van der Waals surface area contributed by atoms with Gasteiger partial charge >= 0.3 is 0 Å². The number of hydrogen-bond donors (Lipinski definition) is 1. The van der Waals surface area contributed by atoms with Crippen LogP contribution < -0.4 is 10.6 Å². The summed E-state index contributed by atoms with van der Waals surface area (Å²) in [5.41, 5.74) is 4.14. The molecule has 1 aromatic rings. The highest BCUT2D eigenvalue weighted by atomic mass is 16.5. The van der Waals surface area contributed by atoms with Crippen LogP contribution in [0.1, 0.15) is 63.3 Å². The normalized spacial score (nSPS) is 24.2. The lowest BCUT2D eigenvalue weighted by Gasteiger charge is -2.29. The van der Waals surface area contributed by atoms with Crippen molar-refractivity contribution < 1.29 is 14.3 Å². The fourth-order valence-corrected chi connectivity index (χ4v) is 4.72. The number of aromatic nitrogens is 1. The van der Waals surface area contributed by atoms with E-state index in [2.05, 4.69) is 39.8 Å². The van der Waals surface area contributed by atoms with E-state index in [0.717, 1.165) is 30.1 Å². The monoisotopic (exact) mass is 436 g/mol. The fraction of sp³-hybridized carbons (Fsp3) is 0.444. The van der Waals surface area contributed by atoms with E-state index in [9.17, 15) is 4.79 Å². The molecule has 1 aromatic heterocycles. The molecule has 1 fully saturated rings. The van der Waals surface area contributed by atoms with Crippen LogP contribution in [0.5, 0.6) is 0 Å². The summed E-state index contributed by atoms with van der Waals surface area (Å²) >= 11 is 0. The number of ether oxygens (including phenoxy) is 2. The number of rotatable bonds is 4. The van der Waals surface area contributed by atoms with Crippen LogP contribution >= 0.6 is 0 Å². The third-order valence-electron chi connectivity index (χ3n) is 6.35. The SMILES string of the molecule is CC.COC1=CC=c2[nH]c3c(c2=CC1)C1CCN(C1)C3C.O=COCC1=CC=CC=CC1. The summed E-state index contributed by atoms with van der Waals surface area (Å²) in [7, 11) is 1.75. The maximum atomic E-state index is 9.85. The van der Waals surface area contributed by atoms with Crippen molar-refractivity contribution in [3.05, 3.63) is 69.6 Å². The van der Waals surface area contributed by atoms with Crippen LogP contribution in [0.3, 0.4) is 0 Å². The van der Waals surface area contributed by atoms with Gasteiger partial charge in [-0.15, -0.1) is 0 Å². The van der Waals surface area contributed by atoms with E-state index in [1.165, 1.54) is 35.8 Å². The van der Waals surface area contributed by atoms with Crippen molar-refractivity contribution in [1.29, 1.82) is 0 Å². The molecule has 4 aliphatic rings. The van der Waals surface area contributed by atoms with Crippen LogP contribution in [-0.4, -0.2) is 43.2 Å². The maximum Gasteiger partial charge on any atom is 0.293 e. The number of allylic oxidation sites excluding steroid dienone is 7. The van der Waals surface area contributed by atoms with Gasteiger partial charge in [-0.25, -0.2) is 0 Å². The number of carbonyl (C=O) groups is 1. The number of fused-ring (bicyclic) bond motifs is 6. The summed E-state index contributed by atoms with van der Waals surface area (Å²) in [6.07, 6.45) is 19.5. The van der Waals surface area contributed by atoms with Crippen molar-refractivity contribution in [2.75, 3.05) is 26.8 Å². The quantitative estimate of drug-likeness (QED) is 0.725. The van der Waals surface area contributed by atoms with Crippen LogP contribution in [-0.2, 0) is 14.3 Å². The zero-order valence-electron chi connectivity index (χ0n) is 19.8. The molecule has 2 bridgehead atoms. The van der Waals surface area contributed by atoms with Crippen molar-refractivity contribution in [2.45, 2.75) is 52.0 Å². The van der Waals surface area contributed by atoms with Crippen molar-refractivity contribution in [3.8, 4) is 0 Å². The highest BCUT2D eigenvalue weighted by Gasteiger charge is 2.37. The van der Waals surface area contributed by atoms with Crippen LogP contribution in [0.15, 0.2) is 47.8 Å². The molecular formula is C27H36N2O3. The largest absolute Gasteiger partial charge is 0.501 e. The summed E-state index contributed by atoms with van der Waals surface area (Å²) < 4.78 is 9.99. The van der Waals surface area contributed by atoms with Crippen LogP contribution in [0.2, 0.25) is 0 Å². The second-order valence-electron chi connectivity index (χ2n) is 8.10. The standard InChI is InChI=1S/C16H20N2O.C9H10O2.C2H6/c1-10-16-15(11-7-8-18(10)9-11)13-5-3-12(19-2)4-6-14(13)17-16;10-8-11-7-9-5-3-1-2-4-6-9;1-2/h4-6,10-11,17H,3,7-9H2,1-2H3;1-5,8H,6-7H2;1-2H3. The summed E-state index contributed by atoms with van der Waals surface area (Å²) in [5.74, 6) is 1.76. The summed E-state index contributed by atoms with van der Waals surface area (Å²) in [4.78, 5) is 16.1. The zero-order chi connectivity index (χ0) is 22.9. The molecule has 5 heteroatoms. The van der Waals surface area contributed by atoms with Gasteiger partial charge in [0.15, 0.2) is 0 Å². The van der Waals surface area contributed by atoms with Crippen molar-refractivity contribution in [2.24, 2.45) is 0 Å². The van der Waals surface area contributed by atoms with Crippen molar-refractivity contribution in [3.63, 3.8) is 0 Å². The third kappa shape index (κ3) is 5.33. The number of hydrogen-bond acceptors (Lipinski definition) is 4. The minimum atomic E-state index is 0.401. The van der Waals surface area contributed by atoms with E-state index < -0.39 is 0 Å². The van der Waals surface area contributed by atoms with Crippen LogP contribution in [0.4, 0.5) is 0 Å². The van der Waals surface area contributed by atoms with E-state index in [1.54, 1.807) is 12.7 Å². The Kier molecular flexibility index (Phi) is 8.74. The lowest BCUT2D eigenvalue weighted by Crippen LogP contribution is -2.31. The maximum absolute atomic E-state index is 9.85. The smallest absolute Gasteiger partial charge is 0.293 e. The predicted octanol–water partition coefficient (Wildman–Crippen LogP) is 4.00. The lowest BCUT2D eigenvalue weighted by atomic mass is 9.92. The van der Waals surface area contributed by atoms with Gasteiger partial charge in [0.05, 0.1) is 12.9 Å². The van der Waals surface area contributed by atoms with Gasteiger partial charge in [0, 0.05) is 36.0 Å². The van der Waals surface area contributed by atoms with Gasteiger partial charge < -0.3 is 14.5 Å². The molecule has 2 aliphatic heterocycles. The van der Waals surface area contributed by atoms with Gasteiger partial charge in [-0.05, 0) is 54.8 Å². The second kappa shape index (κ2) is 11.7. The van der Waals surface area contributed by atoms with E-state index >= 15 is 0 Å². The van der Waals surface area contributed by atoms with Gasteiger partial charge in [-0.1, -0.05) is 50.3 Å². The molecule has 3 heterocycles. The number of nitrogens with zero attached hydrogens (tertiary/aromatic N) is 1. The topological polar surface area (TPSA) is 54.6 Å². The Hall–Kier alpha value is -2.79. The van der Waals surface area contributed by atoms with Crippen LogP contribution in [0.25, 0.3) is 12.2 Å². The first-order valence-corrected chi connectivity index (χ1v) is 11.7. The average Bonchev–Trinajstić information content (AvgIpc) is 3.24. The fourth-order valence-electron chi connectivity index (χ4n) is 4.72. The first-order chi connectivity index (χ1) is 15.7. The van der Waals surface area contributed by atoms with Gasteiger partial charge in [-0.3, -0.25) is 9.69 Å². The van der Waals surface area contributed by atoms with Gasteiger partial charge in [0.2, 0.25) is 0 Å². The van der Waals surface area contributed by atoms with Crippen LogP contribution in [0, 0.1) is 0 Å². The number of methoxy groups -OCH3 is 1. The minimum absolute atomic E-state index is 0.401. The third-order valence-corrected chi connectivity index (χ3v) is 6.35. The Balaban J connectivity index is 0.000000191. The average molecular weight is 437 g/mol. The molecule has 2 aliphatic carbocycles. The van der Waals surface area contributed by atoms with Crippen molar-refractivity contribution >= 4 is 18.6 Å². The number of aromatic amines is 1. The molecule has 0 spiro atoms. The van der Waals surface area contributed by atoms with Gasteiger partial charge in [0.1, 0.15) is 6.61 Å². The molecule has 0 saturated carbocycles. The highest BCUT2D eigenvalue weighted by molar-refractivity contribution is 5.50. The van der Waals surface area contributed by atoms with E-state index in [4.69, 9.17) is 4.74 Å². The Bertz CT molecular complexity index is 1030. The lowest BCUT2D eigenvalue weighted by molar-refractivity contribution is -0.127. The highest BCUT2D eigenvalue weighted by Crippen LogP contribution is 2.39. The molecule has 0 aromatic carbocycles. The van der Waals surface area contributed by atoms with Gasteiger partial charge in [0.25, 0.3) is 6.47 Å². The van der Waals surface area contributed by atoms with Crippen molar-refractivity contribution in [1.82, 2.24) is 9.88 Å². The summed E-state index contributed by atoms with van der Waals surface area (Å²) in [6.45, 7) is 9.68. The molecular weight excluding hydrogens is 400 g/mol. The number of H-pyrrole nitrogens is 1. The number of nitrogens with one attached hydrogen (secondary N) is 1. The molecule has 5 nitrogen and oxygen atoms in total. The summed E-state index contributed by atoms with van der Waals surface area (Å²) in [5, 5.41) is 2.69. The predicted molar refractivity (Wildman–Crippen MR) is 130 cm³/mol. The first kappa shape index (κ1) is 23.9. The molecule has 3 unspecified atom stereocenters.